The average molecular weight is 261 g/mol. The molecule has 1 unspecified atom stereocenters. The van der Waals surface area contributed by atoms with Gasteiger partial charge in [0.1, 0.15) is 0 Å². The number of benzene rings is 1. The van der Waals surface area contributed by atoms with Crippen LogP contribution in [0.5, 0.6) is 0 Å². The number of ether oxygens (including phenoxy) is 1. The van der Waals surface area contributed by atoms with Gasteiger partial charge in [0.15, 0.2) is 0 Å². The van der Waals surface area contributed by atoms with Gasteiger partial charge in [-0.1, -0.05) is 29.8 Å². The minimum Gasteiger partial charge on any atom is -0.382 e. The monoisotopic (exact) mass is 260 g/mol. The Kier molecular flexibility index (Phi) is 6.86. The summed E-state index contributed by atoms with van der Waals surface area (Å²) in [6.07, 6.45) is 1.92. The number of hydrogen-bond acceptors (Lipinski definition) is 1. The number of hydrogen-bond donors (Lipinski definition) is 0. The van der Waals surface area contributed by atoms with Crippen molar-refractivity contribution in [3.63, 3.8) is 0 Å². The molecule has 16 heavy (non-hydrogen) atoms. The van der Waals surface area contributed by atoms with Gasteiger partial charge >= 0.3 is 0 Å². The van der Waals surface area contributed by atoms with E-state index in [1.54, 1.807) is 0 Å². The quantitative estimate of drug-likeness (QED) is 0.529. The molecular formula is C13H18Cl2O. The summed E-state index contributed by atoms with van der Waals surface area (Å²) in [5.74, 6) is 1.09. The fraction of sp³-hybridized carbons (Fsp3) is 0.538. The van der Waals surface area contributed by atoms with Crippen molar-refractivity contribution in [2.24, 2.45) is 5.92 Å². The van der Waals surface area contributed by atoms with E-state index in [4.69, 9.17) is 27.9 Å². The molecule has 0 aromatic heterocycles. The molecule has 0 amide bonds. The molecule has 0 radical (unpaired) electrons. The lowest BCUT2D eigenvalue weighted by atomic mass is 9.98. The third-order valence-electron chi connectivity index (χ3n) is 2.56. The van der Waals surface area contributed by atoms with Gasteiger partial charge in [-0.15, -0.1) is 11.6 Å². The molecular weight excluding hydrogens is 243 g/mol. The van der Waals surface area contributed by atoms with Gasteiger partial charge in [0.25, 0.3) is 0 Å². The number of halogens is 2. The Morgan fingerprint density at radius 3 is 2.69 bits per heavy atom. The number of rotatable bonds is 7. The van der Waals surface area contributed by atoms with Crippen molar-refractivity contribution in [2.45, 2.75) is 19.8 Å². The third kappa shape index (κ3) is 4.73. The molecule has 0 aliphatic carbocycles. The van der Waals surface area contributed by atoms with E-state index in [9.17, 15) is 0 Å². The lowest BCUT2D eigenvalue weighted by molar-refractivity contribution is 0.134. The minimum atomic E-state index is 0.438. The Bertz CT molecular complexity index is 302. The maximum atomic E-state index is 6.11. The lowest BCUT2D eigenvalue weighted by Crippen LogP contribution is -2.10. The van der Waals surface area contributed by atoms with E-state index in [1.807, 2.05) is 25.1 Å². The Morgan fingerprint density at radius 1 is 1.31 bits per heavy atom. The highest BCUT2D eigenvalue weighted by Gasteiger charge is 2.10. The van der Waals surface area contributed by atoms with Gasteiger partial charge < -0.3 is 4.74 Å². The predicted octanol–water partition coefficient (Wildman–Crippen LogP) is 4.16. The Balaban J connectivity index is 2.46. The van der Waals surface area contributed by atoms with E-state index >= 15 is 0 Å². The van der Waals surface area contributed by atoms with Gasteiger partial charge in [-0.05, 0) is 37.3 Å². The molecule has 0 saturated carbocycles. The van der Waals surface area contributed by atoms with E-state index in [1.165, 1.54) is 5.56 Å². The first-order chi connectivity index (χ1) is 7.77. The molecule has 3 heteroatoms. The van der Waals surface area contributed by atoms with Crippen LogP contribution < -0.4 is 0 Å². The second kappa shape index (κ2) is 7.94. The van der Waals surface area contributed by atoms with Crippen LogP contribution in [0.3, 0.4) is 0 Å². The summed E-state index contributed by atoms with van der Waals surface area (Å²) in [4.78, 5) is 0. The topological polar surface area (TPSA) is 9.23 Å². The summed E-state index contributed by atoms with van der Waals surface area (Å²) < 4.78 is 5.34. The summed E-state index contributed by atoms with van der Waals surface area (Å²) in [6.45, 7) is 3.54. The molecule has 0 aliphatic heterocycles. The van der Waals surface area contributed by atoms with Crippen LogP contribution in [0, 0.1) is 5.92 Å². The first-order valence-electron chi connectivity index (χ1n) is 5.65. The van der Waals surface area contributed by atoms with Crippen molar-refractivity contribution < 1.29 is 4.74 Å². The van der Waals surface area contributed by atoms with Crippen molar-refractivity contribution in [1.82, 2.24) is 0 Å². The van der Waals surface area contributed by atoms with E-state index in [0.717, 1.165) is 31.1 Å². The molecule has 0 bridgehead atoms. The Morgan fingerprint density at radius 2 is 2.06 bits per heavy atom. The van der Waals surface area contributed by atoms with Gasteiger partial charge in [-0.3, -0.25) is 0 Å². The summed E-state index contributed by atoms with van der Waals surface area (Å²) in [5, 5.41) is 0.828. The summed E-state index contributed by atoms with van der Waals surface area (Å²) >= 11 is 12.1. The summed E-state index contributed by atoms with van der Waals surface area (Å²) in [7, 11) is 0. The largest absolute Gasteiger partial charge is 0.382 e. The average Bonchev–Trinajstić information content (AvgIpc) is 2.30. The highest BCUT2D eigenvalue weighted by Crippen LogP contribution is 2.21. The van der Waals surface area contributed by atoms with Crippen LogP contribution in [0.2, 0.25) is 5.02 Å². The second-order valence-electron chi connectivity index (χ2n) is 3.80. The SMILES string of the molecule is CCOCCC(CCl)Cc1ccccc1Cl. The Hall–Kier alpha value is -0.240. The zero-order valence-electron chi connectivity index (χ0n) is 9.59. The van der Waals surface area contributed by atoms with Gasteiger partial charge in [0.2, 0.25) is 0 Å². The van der Waals surface area contributed by atoms with Crippen LogP contribution in [-0.4, -0.2) is 19.1 Å². The van der Waals surface area contributed by atoms with Gasteiger partial charge in [0.05, 0.1) is 0 Å². The lowest BCUT2D eigenvalue weighted by Gasteiger charge is -2.14. The molecule has 1 nitrogen and oxygen atoms in total. The molecule has 0 aliphatic rings. The molecule has 1 aromatic carbocycles. The molecule has 0 heterocycles. The van der Waals surface area contributed by atoms with Crippen molar-refractivity contribution in [2.75, 3.05) is 19.1 Å². The van der Waals surface area contributed by atoms with Gasteiger partial charge in [-0.2, -0.15) is 0 Å². The summed E-state index contributed by atoms with van der Waals surface area (Å²) in [5.41, 5.74) is 1.17. The van der Waals surface area contributed by atoms with E-state index in [0.29, 0.717) is 11.8 Å². The third-order valence-corrected chi connectivity index (χ3v) is 3.36. The van der Waals surface area contributed by atoms with Crippen LogP contribution in [0.4, 0.5) is 0 Å². The first kappa shape index (κ1) is 13.8. The smallest absolute Gasteiger partial charge is 0.0469 e. The normalized spacial score (nSPS) is 12.7. The van der Waals surface area contributed by atoms with Crippen molar-refractivity contribution in [3.05, 3.63) is 34.9 Å². The van der Waals surface area contributed by atoms with Crippen LogP contribution in [-0.2, 0) is 11.2 Å². The van der Waals surface area contributed by atoms with Crippen LogP contribution >= 0.6 is 23.2 Å². The van der Waals surface area contributed by atoms with E-state index < -0.39 is 0 Å². The van der Waals surface area contributed by atoms with Crippen LogP contribution in [0.25, 0.3) is 0 Å². The van der Waals surface area contributed by atoms with Crippen LogP contribution in [0.15, 0.2) is 24.3 Å². The first-order valence-corrected chi connectivity index (χ1v) is 6.56. The van der Waals surface area contributed by atoms with Gasteiger partial charge in [-0.25, -0.2) is 0 Å². The fourth-order valence-electron chi connectivity index (χ4n) is 1.60. The predicted molar refractivity (Wildman–Crippen MR) is 70.5 cm³/mol. The molecule has 1 aromatic rings. The fourth-order valence-corrected chi connectivity index (χ4v) is 2.08. The molecule has 1 rings (SSSR count). The standard InChI is InChI=1S/C13H18Cl2O/c1-2-16-8-7-11(10-14)9-12-5-3-4-6-13(12)15/h3-6,11H,2,7-10H2,1H3. The van der Waals surface area contributed by atoms with Crippen molar-refractivity contribution in [1.29, 1.82) is 0 Å². The van der Waals surface area contributed by atoms with Crippen LogP contribution in [0.1, 0.15) is 18.9 Å². The summed E-state index contributed by atoms with van der Waals surface area (Å²) in [6, 6.07) is 7.93. The van der Waals surface area contributed by atoms with Crippen molar-refractivity contribution in [3.8, 4) is 0 Å². The molecule has 90 valence electrons. The van der Waals surface area contributed by atoms with E-state index in [-0.39, 0.29) is 0 Å². The second-order valence-corrected chi connectivity index (χ2v) is 4.52. The molecule has 0 N–H and O–H groups in total. The molecule has 1 atom stereocenters. The maximum absolute atomic E-state index is 6.11. The minimum absolute atomic E-state index is 0.438. The zero-order chi connectivity index (χ0) is 11.8. The van der Waals surface area contributed by atoms with E-state index in [2.05, 4.69) is 6.07 Å². The Labute approximate surface area is 108 Å². The molecule has 0 saturated heterocycles. The highest BCUT2D eigenvalue weighted by atomic mass is 35.5. The number of alkyl halides is 1. The highest BCUT2D eigenvalue weighted by molar-refractivity contribution is 6.31. The zero-order valence-corrected chi connectivity index (χ0v) is 11.1. The molecule has 0 fully saturated rings. The van der Waals surface area contributed by atoms with Crippen molar-refractivity contribution >= 4 is 23.2 Å². The van der Waals surface area contributed by atoms with Gasteiger partial charge in [0, 0.05) is 24.1 Å². The molecule has 0 spiro atoms. The maximum Gasteiger partial charge on any atom is 0.0469 e.